The van der Waals surface area contributed by atoms with Crippen molar-refractivity contribution in [1.82, 2.24) is 15.0 Å². The lowest BCUT2D eigenvalue weighted by atomic mass is 9.98. The highest BCUT2D eigenvalue weighted by Gasteiger charge is 2.15. The molecule has 106 valence electrons. The topological polar surface area (TPSA) is 73.9 Å². The van der Waals surface area contributed by atoms with E-state index in [1.54, 1.807) is 7.11 Å². The molecule has 0 saturated heterocycles. The molecule has 0 aliphatic rings. The second-order valence-electron chi connectivity index (χ2n) is 4.85. The highest BCUT2D eigenvalue weighted by molar-refractivity contribution is 5.66. The van der Waals surface area contributed by atoms with Gasteiger partial charge in [0.2, 0.25) is 0 Å². The van der Waals surface area contributed by atoms with Crippen LogP contribution in [0.25, 0.3) is 11.4 Å². The number of hydrogen-bond acceptors (Lipinski definition) is 5. The van der Waals surface area contributed by atoms with Crippen LogP contribution in [0.4, 0.5) is 0 Å². The zero-order chi connectivity index (χ0) is 14.9. The zero-order valence-corrected chi connectivity index (χ0v) is 12.6. The van der Waals surface area contributed by atoms with E-state index in [-0.39, 0.29) is 0 Å². The summed E-state index contributed by atoms with van der Waals surface area (Å²) in [6.07, 6.45) is 0. The van der Waals surface area contributed by atoms with E-state index in [9.17, 15) is 0 Å². The summed E-state index contributed by atoms with van der Waals surface area (Å²) in [7, 11) is 1.69. The minimum Gasteiger partial charge on any atom is -0.496 e. The molecule has 5 heteroatoms. The fraction of sp³-hybridized carbons (Fsp3) is 0.400. The van der Waals surface area contributed by atoms with Crippen molar-refractivity contribution in [2.45, 2.75) is 34.2 Å². The van der Waals surface area contributed by atoms with Gasteiger partial charge in [0.1, 0.15) is 17.4 Å². The van der Waals surface area contributed by atoms with E-state index in [1.165, 1.54) is 0 Å². The van der Waals surface area contributed by atoms with Crippen molar-refractivity contribution >= 4 is 0 Å². The van der Waals surface area contributed by atoms with E-state index < -0.39 is 0 Å². The summed E-state index contributed by atoms with van der Waals surface area (Å²) in [4.78, 5) is 13.1. The highest BCUT2D eigenvalue weighted by Crippen LogP contribution is 2.32. The molecule has 0 bridgehead atoms. The zero-order valence-electron chi connectivity index (χ0n) is 12.6. The summed E-state index contributed by atoms with van der Waals surface area (Å²) >= 11 is 0. The molecule has 0 atom stereocenters. The summed E-state index contributed by atoms with van der Waals surface area (Å²) in [6.45, 7) is 8.27. The molecule has 0 fully saturated rings. The number of ether oxygens (including phenoxy) is 1. The minimum atomic E-state index is 0.309. The molecule has 0 aliphatic heterocycles. The van der Waals surface area contributed by atoms with Gasteiger partial charge in [0.05, 0.1) is 13.7 Å². The van der Waals surface area contributed by atoms with Crippen molar-refractivity contribution in [3.63, 3.8) is 0 Å². The SMILES string of the molecule is COc1c(C)cc(-c2nc(C)nc(CN)n2)c(C)c1C. The molecule has 0 aliphatic carbocycles. The molecule has 0 amide bonds. The van der Waals surface area contributed by atoms with Crippen LogP contribution in [0.1, 0.15) is 28.3 Å². The van der Waals surface area contributed by atoms with Gasteiger partial charge in [-0.2, -0.15) is 0 Å². The van der Waals surface area contributed by atoms with Crippen molar-refractivity contribution in [3.05, 3.63) is 34.4 Å². The fourth-order valence-corrected chi connectivity index (χ4v) is 2.35. The Morgan fingerprint density at radius 2 is 1.75 bits per heavy atom. The second kappa shape index (κ2) is 5.54. The fourth-order valence-electron chi connectivity index (χ4n) is 2.35. The number of aryl methyl sites for hydroxylation is 2. The number of nitrogens with zero attached hydrogens (tertiary/aromatic N) is 3. The van der Waals surface area contributed by atoms with Crippen LogP contribution in [0.2, 0.25) is 0 Å². The van der Waals surface area contributed by atoms with Crippen molar-refractivity contribution in [2.75, 3.05) is 7.11 Å². The number of aromatic nitrogens is 3. The molecule has 0 saturated carbocycles. The van der Waals surface area contributed by atoms with E-state index in [4.69, 9.17) is 10.5 Å². The maximum Gasteiger partial charge on any atom is 0.163 e. The lowest BCUT2D eigenvalue weighted by molar-refractivity contribution is 0.408. The van der Waals surface area contributed by atoms with Gasteiger partial charge in [-0.05, 0) is 50.5 Å². The summed E-state index contributed by atoms with van der Waals surface area (Å²) in [5.74, 6) is 2.87. The van der Waals surface area contributed by atoms with Gasteiger partial charge < -0.3 is 10.5 Å². The summed E-state index contributed by atoms with van der Waals surface area (Å²) < 4.78 is 5.44. The van der Waals surface area contributed by atoms with Crippen molar-refractivity contribution in [2.24, 2.45) is 5.73 Å². The third kappa shape index (κ3) is 2.49. The molecule has 0 spiro atoms. The molecule has 20 heavy (non-hydrogen) atoms. The molecule has 1 heterocycles. The quantitative estimate of drug-likeness (QED) is 0.927. The Labute approximate surface area is 119 Å². The van der Waals surface area contributed by atoms with Crippen molar-refractivity contribution < 1.29 is 4.74 Å². The van der Waals surface area contributed by atoms with E-state index >= 15 is 0 Å². The number of rotatable bonds is 3. The number of nitrogens with two attached hydrogens (primary N) is 1. The smallest absolute Gasteiger partial charge is 0.163 e. The third-order valence-corrected chi connectivity index (χ3v) is 3.45. The lowest BCUT2D eigenvalue weighted by Crippen LogP contribution is -2.08. The Kier molecular flexibility index (Phi) is 3.99. The Morgan fingerprint density at radius 1 is 1.05 bits per heavy atom. The van der Waals surface area contributed by atoms with Crippen LogP contribution in [-0.4, -0.2) is 22.1 Å². The number of benzene rings is 1. The largest absolute Gasteiger partial charge is 0.496 e. The average Bonchev–Trinajstić information content (AvgIpc) is 2.42. The Balaban J connectivity index is 2.67. The first kappa shape index (κ1) is 14.4. The summed E-state index contributed by atoms with van der Waals surface area (Å²) in [5.41, 5.74) is 9.92. The predicted molar refractivity (Wildman–Crippen MR) is 78.7 cm³/mol. The molecule has 1 aromatic carbocycles. The van der Waals surface area contributed by atoms with Gasteiger partial charge in [0.25, 0.3) is 0 Å². The van der Waals surface area contributed by atoms with Crippen LogP contribution in [0.3, 0.4) is 0 Å². The monoisotopic (exact) mass is 272 g/mol. The number of methoxy groups -OCH3 is 1. The van der Waals surface area contributed by atoms with E-state index in [0.717, 1.165) is 28.0 Å². The van der Waals surface area contributed by atoms with Gasteiger partial charge in [-0.1, -0.05) is 0 Å². The third-order valence-electron chi connectivity index (χ3n) is 3.45. The standard InChI is InChI=1S/C15H20N4O/c1-8-6-12(9(2)10(3)14(8)20-5)15-18-11(4)17-13(7-16)19-15/h6H,7,16H2,1-5H3. The maximum absolute atomic E-state index is 5.64. The summed E-state index contributed by atoms with van der Waals surface area (Å²) in [5, 5.41) is 0. The van der Waals surface area contributed by atoms with E-state index in [0.29, 0.717) is 24.0 Å². The molecule has 1 aromatic heterocycles. The van der Waals surface area contributed by atoms with Gasteiger partial charge in [-0.25, -0.2) is 15.0 Å². The van der Waals surface area contributed by atoms with Gasteiger partial charge >= 0.3 is 0 Å². The lowest BCUT2D eigenvalue weighted by Gasteiger charge is -2.15. The van der Waals surface area contributed by atoms with Crippen LogP contribution in [0.15, 0.2) is 6.07 Å². The average molecular weight is 272 g/mol. The van der Waals surface area contributed by atoms with Gasteiger partial charge in [-0.15, -0.1) is 0 Å². The highest BCUT2D eigenvalue weighted by atomic mass is 16.5. The van der Waals surface area contributed by atoms with Crippen LogP contribution in [-0.2, 0) is 6.54 Å². The molecule has 0 unspecified atom stereocenters. The molecule has 2 rings (SSSR count). The van der Waals surface area contributed by atoms with Crippen LogP contribution >= 0.6 is 0 Å². The first-order valence-electron chi connectivity index (χ1n) is 6.54. The van der Waals surface area contributed by atoms with E-state index in [1.807, 2.05) is 27.7 Å². The second-order valence-corrected chi connectivity index (χ2v) is 4.85. The van der Waals surface area contributed by atoms with Crippen molar-refractivity contribution in [3.8, 4) is 17.1 Å². The molecular formula is C15H20N4O. The molecule has 2 N–H and O–H groups in total. The maximum atomic E-state index is 5.64. The Bertz CT molecular complexity index is 653. The first-order chi connectivity index (χ1) is 9.47. The molecular weight excluding hydrogens is 252 g/mol. The molecule has 2 aromatic rings. The first-order valence-corrected chi connectivity index (χ1v) is 6.54. The predicted octanol–water partition coefficient (Wildman–Crippen LogP) is 2.24. The van der Waals surface area contributed by atoms with Gasteiger partial charge in [-0.3, -0.25) is 0 Å². The molecule has 5 nitrogen and oxygen atoms in total. The Hall–Kier alpha value is -2.01. The molecule has 0 radical (unpaired) electrons. The van der Waals surface area contributed by atoms with Crippen LogP contribution in [0, 0.1) is 27.7 Å². The Morgan fingerprint density at radius 3 is 2.35 bits per heavy atom. The normalized spacial score (nSPS) is 10.7. The van der Waals surface area contributed by atoms with Crippen LogP contribution < -0.4 is 10.5 Å². The van der Waals surface area contributed by atoms with E-state index in [2.05, 4.69) is 21.0 Å². The number of hydrogen-bond donors (Lipinski definition) is 1. The van der Waals surface area contributed by atoms with Gasteiger partial charge in [0, 0.05) is 5.56 Å². The minimum absolute atomic E-state index is 0.309. The van der Waals surface area contributed by atoms with Crippen molar-refractivity contribution in [1.29, 1.82) is 0 Å². The van der Waals surface area contributed by atoms with Crippen LogP contribution in [0.5, 0.6) is 5.75 Å². The van der Waals surface area contributed by atoms with Gasteiger partial charge in [0.15, 0.2) is 5.82 Å². The summed E-state index contributed by atoms with van der Waals surface area (Å²) in [6, 6.07) is 2.05.